The number of carbonyl (C=O) groups is 1. The zero-order valence-electron chi connectivity index (χ0n) is 15.5. The number of amides is 1. The molecule has 0 aliphatic rings. The summed E-state index contributed by atoms with van der Waals surface area (Å²) in [6.45, 7) is 5.83. The van der Waals surface area contributed by atoms with Crippen LogP contribution in [0.1, 0.15) is 25.9 Å². The van der Waals surface area contributed by atoms with Gasteiger partial charge in [-0.1, -0.05) is 23.2 Å². The van der Waals surface area contributed by atoms with Crippen molar-refractivity contribution in [2.45, 2.75) is 20.3 Å². The van der Waals surface area contributed by atoms with E-state index in [1.807, 2.05) is 6.92 Å². The lowest BCUT2D eigenvalue weighted by Crippen LogP contribution is -2.42. The van der Waals surface area contributed by atoms with Gasteiger partial charge in [-0.25, -0.2) is 4.98 Å². The highest BCUT2D eigenvalue weighted by molar-refractivity contribution is 7.11. The Kier molecular flexibility index (Phi) is 8.34. The van der Waals surface area contributed by atoms with Gasteiger partial charge in [0.1, 0.15) is 0 Å². The molecule has 0 spiro atoms. The number of hydrogen-bond acceptors (Lipinski definition) is 4. The molecular formula is C18H23Cl2N5OS. The van der Waals surface area contributed by atoms with Crippen LogP contribution in [0.2, 0.25) is 10.0 Å². The quantitative estimate of drug-likeness (QED) is 0.360. The van der Waals surface area contributed by atoms with Gasteiger partial charge in [0, 0.05) is 43.5 Å². The SMILES string of the molecule is CN=C(NCCNC(=O)c1ccc(Cl)c(Cl)c1)NCCc1nc(C)c(C)s1. The number of guanidine groups is 1. The van der Waals surface area contributed by atoms with Crippen molar-refractivity contribution in [3.8, 4) is 0 Å². The first-order valence-corrected chi connectivity index (χ1v) is 10.1. The Bertz CT molecular complexity index is 803. The van der Waals surface area contributed by atoms with E-state index in [9.17, 15) is 4.79 Å². The molecular weight excluding hydrogens is 405 g/mol. The molecule has 0 aliphatic heterocycles. The second-order valence-corrected chi connectivity index (χ2v) is 7.91. The molecule has 0 saturated carbocycles. The summed E-state index contributed by atoms with van der Waals surface area (Å²) in [5.41, 5.74) is 1.57. The van der Waals surface area contributed by atoms with Crippen molar-refractivity contribution in [3.05, 3.63) is 49.4 Å². The van der Waals surface area contributed by atoms with Gasteiger partial charge in [0.25, 0.3) is 5.91 Å². The Morgan fingerprint density at radius 1 is 1.11 bits per heavy atom. The first-order chi connectivity index (χ1) is 12.9. The molecule has 3 N–H and O–H groups in total. The van der Waals surface area contributed by atoms with Crippen LogP contribution in [0.5, 0.6) is 0 Å². The van der Waals surface area contributed by atoms with Gasteiger partial charge in [0.2, 0.25) is 0 Å². The van der Waals surface area contributed by atoms with Gasteiger partial charge in [0.15, 0.2) is 5.96 Å². The maximum atomic E-state index is 12.1. The number of benzene rings is 1. The Morgan fingerprint density at radius 2 is 1.81 bits per heavy atom. The smallest absolute Gasteiger partial charge is 0.251 e. The third-order valence-corrected chi connectivity index (χ3v) is 5.68. The van der Waals surface area contributed by atoms with Crippen LogP contribution in [0.25, 0.3) is 0 Å². The van der Waals surface area contributed by atoms with Gasteiger partial charge in [-0.2, -0.15) is 0 Å². The van der Waals surface area contributed by atoms with Gasteiger partial charge in [-0.05, 0) is 32.0 Å². The second kappa shape index (κ2) is 10.5. The van der Waals surface area contributed by atoms with E-state index in [2.05, 4.69) is 32.9 Å². The predicted molar refractivity (Wildman–Crippen MR) is 113 cm³/mol. The van der Waals surface area contributed by atoms with E-state index in [1.54, 1.807) is 36.6 Å². The number of halogens is 2. The molecule has 2 rings (SSSR count). The van der Waals surface area contributed by atoms with Gasteiger partial charge < -0.3 is 16.0 Å². The number of nitrogens with one attached hydrogen (secondary N) is 3. The summed E-state index contributed by atoms with van der Waals surface area (Å²) in [5, 5.41) is 11.1. The number of carbonyl (C=O) groups excluding carboxylic acids is 1. The summed E-state index contributed by atoms with van der Waals surface area (Å²) in [6, 6.07) is 4.79. The van der Waals surface area contributed by atoms with E-state index in [-0.39, 0.29) is 5.91 Å². The highest BCUT2D eigenvalue weighted by atomic mass is 35.5. The summed E-state index contributed by atoms with van der Waals surface area (Å²) in [4.78, 5) is 22.0. The number of nitrogens with zero attached hydrogens (tertiary/aromatic N) is 2. The minimum atomic E-state index is -0.201. The zero-order chi connectivity index (χ0) is 19.8. The third-order valence-electron chi connectivity index (χ3n) is 3.81. The predicted octanol–water partition coefficient (Wildman–Crippen LogP) is 3.20. The van der Waals surface area contributed by atoms with E-state index >= 15 is 0 Å². The maximum absolute atomic E-state index is 12.1. The normalized spacial score (nSPS) is 11.4. The topological polar surface area (TPSA) is 78.4 Å². The fourth-order valence-electron chi connectivity index (χ4n) is 2.25. The average Bonchev–Trinajstić information content (AvgIpc) is 2.96. The molecule has 0 bridgehead atoms. The van der Waals surface area contributed by atoms with Gasteiger partial charge in [0.05, 0.1) is 20.7 Å². The molecule has 0 aliphatic carbocycles. The van der Waals surface area contributed by atoms with Crippen LogP contribution in [-0.4, -0.2) is 43.5 Å². The van der Waals surface area contributed by atoms with Crippen molar-refractivity contribution >= 4 is 46.4 Å². The fourth-order valence-corrected chi connectivity index (χ4v) is 3.48. The standard InChI is InChI=1S/C18H23Cl2N5OS/c1-11-12(2)27-16(25-11)6-7-23-18(21-3)24-9-8-22-17(26)13-4-5-14(19)15(20)10-13/h4-5,10H,6-9H2,1-3H3,(H,22,26)(H2,21,23,24). The molecule has 146 valence electrons. The van der Waals surface area contributed by atoms with Crippen molar-refractivity contribution < 1.29 is 4.79 Å². The van der Waals surface area contributed by atoms with Crippen LogP contribution in [0, 0.1) is 13.8 Å². The van der Waals surface area contributed by atoms with Gasteiger partial charge in [-0.15, -0.1) is 11.3 Å². The summed E-state index contributed by atoms with van der Waals surface area (Å²) in [6.07, 6.45) is 0.841. The number of aromatic nitrogens is 1. The number of aliphatic imine (C=N–C) groups is 1. The molecule has 6 nitrogen and oxygen atoms in total. The van der Waals surface area contributed by atoms with Crippen molar-refractivity contribution in [2.75, 3.05) is 26.7 Å². The van der Waals surface area contributed by atoms with Crippen LogP contribution in [0.3, 0.4) is 0 Å². The molecule has 0 atom stereocenters. The van der Waals surface area contributed by atoms with Crippen LogP contribution in [0.15, 0.2) is 23.2 Å². The summed E-state index contributed by atoms with van der Waals surface area (Å²) < 4.78 is 0. The molecule has 9 heteroatoms. The monoisotopic (exact) mass is 427 g/mol. The molecule has 1 heterocycles. The molecule has 1 aromatic carbocycles. The minimum Gasteiger partial charge on any atom is -0.356 e. The average molecular weight is 428 g/mol. The lowest BCUT2D eigenvalue weighted by molar-refractivity contribution is 0.0954. The number of rotatable bonds is 7. The van der Waals surface area contributed by atoms with Gasteiger partial charge in [-0.3, -0.25) is 9.79 Å². The van der Waals surface area contributed by atoms with Crippen molar-refractivity contribution in [1.29, 1.82) is 0 Å². The number of hydrogen-bond donors (Lipinski definition) is 3. The van der Waals surface area contributed by atoms with E-state index in [0.717, 1.165) is 23.7 Å². The van der Waals surface area contributed by atoms with Crippen molar-refractivity contribution in [3.63, 3.8) is 0 Å². The van der Waals surface area contributed by atoms with Crippen molar-refractivity contribution in [2.24, 2.45) is 4.99 Å². The van der Waals surface area contributed by atoms with Crippen LogP contribution in [-0.2, 0) is 6.42 Å². The summed E-state index contributed by atoms with van der Waals surface area (Å²) in [5.74, 6) is 0.483. The fraction of sp³-hybridized carbons (Fsp3) is 0.389. The lowest BCUT2D eigenvalue weighted by Gasteiger charge is -2.12. The van der Waals surface area contributed by atoms with Gasteiger partial charge >= 0.3 is 0 Å². The van der Waals surface area contributed by atoms with Crippen LogP contribution >= 0.6 is 34.5 Å². The van der Waals surface area contributed by atoms with Crippen LogP contribution in [0.4, 0.5) is 0 Å². The molecule has 0 saturated heterocycles. The molecule has 2 aromatic rings. The molecule has 1 amide bonds. The highest BCUT2D eigenvalue weighted by Gasteiger charge is 2.08. The lowest BCUT2D eigenvalue weighted by atomic mass is 10.2. The van der Waals surface area contributed by atoms with Crippen molar-refractivity contribution in [1.82, 2.24) is 20.9 Å². The Hall–Kier alpha value is -1.83. The maximum Gasteiger partial charge on any atom is 0.251 e. The van der Waals surface area contributed by atoms with Crippen LogP contribution < -0.4 is 16.0 Å². The molecule has 0 fully saturated rings. The largest absolute Gasteiger partial charge is 0.356 e. The number of thiazole rings is 1. The zero-order valence-corrected chi connectivity index (χ0v) is 17.9. The van der Waals surface area contributed by atoms with E-state index < -0.39 is 0 Å². The molecule has 1 aromatic heterocycles. The third kappa shape index (κ3) is 6.68. The van der Waals surface area contributed by atoms with E-state index in [0.29, 0.717) is 34.7 Å². The van der Waals surface area contributed by atoms with E-state index in [1.165, 1.54) is 4.88 Å². The highest BCUT2D eigenvalue weighted by Crippen LogP contribution is 2.22. The second-order valence-electron chi connectivity index (χ2n) is 5.81. The first kappa shape index (κ1) is 21.5. The Balaban J connectivity index is 1.68. The van der Waals surface area contributed by atoms with E-state index in [4.69, 9.17) is 23.2 Å². The molecule has 27 heavy (non-hydrogen) atoms. The first-order valence-electron chi connectivity index (χ1n) is 8.51. The minimum absolute atomic E-state index is 0.201. The summed E-state index contributed by atoms with van der Waals surface area (Å²) in [7, 11) is 1.71. The molecule has 0 radical (unpaired) electrons. The Labute approximate surface area is 173 Å². The number of aryl methyl sites for hydroxylation is 2. The summed E-state index contributed by atoms with van der Waals surface area (Å²) >= 11 is 13.5. The molecule has 0 unspecified atom stereocenters. The Morgan fingerprint density at radius 3 is 2.44 bits per heavy atom.